The van der Waals surface area contributed by atoms with Gasteiger partial charge in [-0.3, -0.25) is 23.1 Å². The number of fused-ring (bicyclic) bond motifs is 1. The first-order valence-corrected chi connectivity index (χ1v) is 6.49. The minimum absolute atomic E-state index is 0.0176. The van der Waals surface area contributed by atoms with Gasteiger partial charge >= 0.3 is 7.27 Å². The van der Waals surface area contributed by atoms with Gasteiger partial charge in [-0.1, -0.05) is 24.3 Å². The summed E-state index contributed by atoms with van der Waals surface area (Å²) in [7, 11) is -2.55. The highest BCUT2D eigenvalue weighted by molar-refractivity contribution is 6.52. The first kappa shape index (κ1) is 13.0. The molecule has 2 amide bonds. The molecule has 1 aromatic rings. The van der Waals surface area contributed by atoms with Crippen LogP contribution in [0.3, 0.4) is 0 Å². The van der Waals surface area contributed by atoms with Crippen LogP contribution in [0, 0.1) is 11.8 Å². The molecule has 0 N–H and O–H groups in total. The third kappa shape index (κ3) is 1.95. The number of carbonyl (C=O) groups excluding carboxylic acids is 2. The molecule has 1 aliphatic carbocycles. The van der Waals surface area contributed by atoms with Crippen molar-refractivity contribution in [1.29, 1.82) is 0 Å². The van der Waals surface area contributed by atoms with E-state index in [1.165, 1.54) is 6.08 Å². The molecule has 2 aliphatic rings. The first-order chi connectivity index (χ1) is 9.59. The molecule has 0 aromatic heterocycles. The maximum Gasteiger partial charge on any atom is 0.567 e. The van der Waals surface area contributed by atoms with Crippen molar-refractivity contribution in [2.75, 3.05) is 4.90 Å². The lowest BCUT2D eigenvalue weighted by atomic mass is 9.71. The number of nitrogens with zero attached hydrogens (tertiary/aromatic N) is 1. The number of amides is 2. The number of allylic oxidation sites excluding steroid dienone is 2. The zero-order valence-electron chi connectivity index (χ0n) is 10.6. The molecule has 1 aliphatic heterocycles. The van der Waals surface area contributed by atoms with Crippen LogP contribution in [-0.4, -0.2) is 19.1 Å². The Hall–Kier alpha value is -1.98. The zero-order valence-corrected chi connectivity index (χ0v) is 10.6. The van der Waals surface area contributed by atoms with Crippen LogP contribution in [0.2, 0.25) is 0 Å². The summed E-state index contributed by atoms with van der Waals surface area (Å²) >= 11 is 0. The number of carbonyl (C=O) groups is 2. The van der Waals surface area contributed by atoms with Crippen molar-refractivity contribution in [2.24, 2.45) is 11.8 Å². The van der Waals surface area contributed by atoms with Crippen LogP contribution < -0.4 is 4.90 Å². The van der Waals surface area contributed by atoms with Crippen LogP contribution in [0.4, 0.5) is 14.3 Å². The molecule has 2 unspecified atom stereocenters. The number of rotatable bonds is 2. The van der Waals surface area contributed by atoms with Gasteiger partial charge in [-0.15, -0.1) is 0 Å². The fourth-order valence-electron chi connectivity index (χ4n) is 2.90. The zero-order chi connectivity index (χ0) is 14.3. The van der Waals surface area contributed by atoms with Gasteiger partial charge in [-0.2, -0.15) is 0 Å². The van der Waals surface area contributed by atoms with Crippen LogP contribution >= 0.6 is 0 Å². The second-order valence-electron chi connectivity index (χ2n) is 5.08. The molecule has 0 radical (unpaired) electrons. The van der Waals surface area contributed by atoms with Gasteiger partial charge in [0.25, 0.3) is 0 Å². The molecule has 0 bridgehead atoms. The fourth-order valence-corrected chi connectivity index (χ4v) is 2.90. The van der Waals surface area contributed by atoms with Crippen molar-refractivity contribution < 1.29 is 18.2 Å². The summed E-state index contributed by atoms with van der Waals surface area (Å²) in [5.74, 6) is -1.78. The van der Waals surface area contributed by atoms with E-state index in [1.54, 1.807) is 30.3 Å². The number of para-hydroxylation sites is 1. The van der Waals surface area contributed by atoms with Gasteiger partial charge in [0.15, 0.2) is 0 Å². The normalized spacial score (nSPS) is 25.5. The molecule has 102 valence electrons. The standard InChI is InChI=1S/C14H12BF2NO2/c16-15(17)9-6-7-11-12(8-9)14(20)18(13(11)19)10-4-2-1-3-5-10/h1-6,11-12H,7-8H2. The lowest BCUT2D eigenvalue weighted by Crippen LogP contribution is -2.30. The van der Waals surface area contributed by atoms with Gasteiger partial charge in [0.2, 0.25) is 11.8 Å². The number of imide groups is 1. The second-order valence-corrected chi connectivity index (χ2v) is 5.08. The molecule has 3 nitrogen and oxygen atoms in total. The second kappa shape index (κ2) is 4.85. The molecule has 6 heteroatoms. The lowest BCUT2D eigenvalue weighted by Gasteiger charge is -2.19. The van der Waals surface area contributed by atoms with E-state index in [-0.39, 0.29) is 30.1 Å². The van der Waals surface area contributed by atoms with Gasteiger partial charge in [-0.25, -0.2) is 0 Å². The number of anilines is 1. The highest BCUT2D eigenvalue weighted by Gasteiger charge is 2.50. The van der Waals surface area contributed by atoms with Crippen LogP contribution in [-0.2, 0) is 9.59 Å². The fraction of sp³-hybridized carbons (Fsp3) is 0.286. The lowest BCUT2D eigenvalue weighted by molar-refractivity contribution is -0.122. The van der Waals surface area contributed by atoms with E-state index in [0.717, 1.165) is 4.90 Å². The molecular weight excluding hydrogens is 263 g/mol. The molecular formula is C14H12BF2NO2. The number of benzene rings is 1. The Labute approximate surface area is 115 Å². The van der Waals surface area contributed by atoms with E-state index >= 15 is 0 Å². The molecule has 1 aromatic carbocycles. The summed E-state index contributed by atoms with van der Waals surface area (Å²) in [6, 6.07) is 8.61. The Morgan fingerprint density at radius 2 is 1.70 bits per heavy atom. The van der Waals surface area contributed by atoms with Crippen molar-refractivity contribution in [2.45, 2.75) is 12.8 Å². The molecule has 0 saturated carbocycles. The topological polar surface area (TPSA) is 37.4 Å². The van der Waals surface area contributed by atoms with E-state index in [9.17, 15) is 18.2 Å². The Balaban J connectivity index is 1.91. The summed E-state index contributed by atoms with van der Waals surface area (Å²) in [4.78, 5) is 25.8. The number of halogens is 2. The average Bonchev–Trinajstić information content (AvgIpc) is 2.71. The molecule has 3 rings (SSSR count). The van der Waals surface area contributed by atoms with Gasteiger partial charge in [0.05, 0.1) is 17.5 Å². The highest BCUT2D eigenvalue weighted by atomic mass is 19.2. The van der Waals surface area contributed by atoms with Crippen LogP contribution in [0.5, 0.6) is 0 Å². The van der Waals surface area contributed by atoms with Crippen molar-refractivity contribution in [1.82, 2.24) is 0 Å². The van der Waals surface area contributed by atoms with Gasteiger partial charge < -0.3 is 0 Å². The molecule has 2 atom stereocenters. The van der Waals surface area contributed by atoms with E-state index in [2.05, 4.69) is 0 Å². The largest absolute Gasteiger partial charge is 0.567 e. The minimum atomic E-state index is -2.55. The van der Waals surface area contributed by atoms with Crippen molar-refractivity contribution in [3.05, 3.63) is 41.9 Å². The van der Waals surface area contributed by atoms with Crippen LogP contribution in [0.15, 0.2) is 41.9 Å². The number of hydrogen-bond acceptors (Lipinski definition) is 2. The summed E-state index contributed by atoms with van der Waals surface area (Å²) in [5, 5.41) is 0. The quantitative estimate of drug-likeness (QED) is 0.614. The van der Waals surface area contributed by atoms with Crippen molar-refractivity contribution >= 4 is 24.8 Å². The Bertz CT molecular complexity index is 588. The summed E-state index contributed by atoms with van der Waals surface area (Å²) < 4.78 is 25.5. The summed E-state index contributed by atoms with van der Waals surface area (Å²) in [6.45, 7) is 0. The molecule has 1 fully saturated rings. The third-order valence-corrected chi connectivity index (χ3v) is 3.95. The molecule has 0 spiro atoms. The highest BCUT2D eigenvalue weighted by Crippen LogP contribution is 2.40. The van der Waals surface area contributed by atoms with Gasteiger partial charge in [0.1, 0.15) is 0 Å². The van der Waals surface area contributed by atoms with Crippen LogP contribution in [0.1, 0.15) is 12.8 Å². The molecule has 1 saturated heterocycles. The smallest absolute Gasteiger partial charge is 0.281 e. The predicted molar refractivity (Wildman–Crippen MR) is 71.2 cm³/mol. The van der Waals surface area contributed by atoms with Gasteiger partial charge in [0, 0.05) is 0 Å². The monoisotopic (exact) mass is 275 g/mol. The van der Waals surface area contributed by atoms with Crippen LogP contribution in [0.25, 0.3) is 0 Å². The predicted octanol–water partition coefficient (Wildman–Crippen LogP) is 2.48. The Morgan fingerprint density at radius 3 is 2.35 bits per heavy atom. The van der Waals surface area contributed by atoms with E-state index in [4.69, 9.17) is 0 Å². The maximum absolute atomic E-state index is 12.7. The van der Waals surface area contributed by atoms with Crippen molar-refractivity contribution in [3.8, 4) is 0 Å². The summed E-state index contributed by atoms with van der Waals surface area (Å²) in [6.07, 6.45) is 1.61. The average molecular weight is 275 g/mol. The Morgan fingerprint density at radius 1 is 1.05 bits per heavy atom. The summed E-state index contributed by atoms with van der Waals surface area (Å²) in [5.41, 5.74) is 0.484. The molecule has 20 heavy (non-hydrogen) atoms. The minimum Gasteiger partial charge on any atom is -0.281 e. The Kier molecular flexibility index (Phi) is 3.16. The van der Waals surface area contributed by atoms with E-state index < -0.39 is 19.1 Å². The molecule has 1 heterocycles. The van der Waals surface area contributed by atoms with E-state index in [0.29, 0.717) is 5.69 Å². The number of hydrogen-bond donors (Lipinski definition) is 0. The third-order valence-electron chi connectivity index (χ3n) is 3.95. The first-order valence-electron chi connectivity index (χ1n) is 6.49. The van der Waals surface area contributed by atoms with E-state index in [1.807, 2.05) is 0 Å². The SMILES string of the molecule is O=C1C2CC=C(B(F)F)CC2C(=O)N1c1ccccc1. The van der Waals surface area contributed by atoms with Gasteiger partial charge in [-0.05, 0) is 30.4 Å². The van der Waals surface area contributed by atoms with Crippen molar-refractivity contribution in [3.63, 3.8) is 0 Å². The maximum atomic E-state index is 12.7.